The van der Waals surface area contributed by atoms with Crippen LogP contribution in [0, 0.1) is 6.92 Å². The largest absolute Gasteiger partial charge is 0.362 e. The summed E-state index contributed by atoms with van der Waals surface area (Å²) in [6.07, 6.45) is 0.898. The SMILES string of the molecule is Cc1ccc(S(=O)(=O)Cc2cccc(CNC(=S)NCCc3ccccc3)c2)cc1. The van der Waals surface area contributed by atoms with Crippen molar-refractivity contribution in [2.45, 2.75) is 30.5 Å². The summed E-state index contributed by atoms with van der Waals surface area (Å²) in [5.74, 6) is -0.0241. The van der Waals surface area contributed by atoms with Crippen molar-refractivity contribution in [1.29, 1.82) is 0 Å². The normalized spacial score (nSPS) is 11.1. The second-order valence-corrected chi connectivity index (χ2v) is 9.63. The molecule has 0 heterocycles. The standard InChI is InChI=1S/C24H26N2O2S2/c1-19-10-12-23(13-11-19)30(27,28)18-22-9-5-8-21(16-22)17-26-24(29)25-15-14-20-6-3-2-4-7-20/h2-13,16H,14-15,17-18H2,1H3,(H2,25,26,29). The highest BCUT2D eigenvalue weighted by Crippen LogP contribution is 2.18. The maximum absolute atomic E-state index is 12.7. The van der Waals surface area contributed by atoms with Gasteiger partial charge in [0.2, 0.25) is 0 Å². The Morgan fingerprint density at radius 1 is 0.833 bits per heavy atom. The molecule has 156 valence electrons. The second-order valence-electron chi connectivity index (χ2n) is 7.24. The molecule has 0 fully saturated rings. The molecular formula is C24H26N2O2S2. The zero-order valence-electron chi connectivity index (χ0n) is 17.0. The first kappa shape index (κ1) is 22.0. The third-order valence-electron chi connectivity index (χ3n) is 4.72. The lowest BCUT2D eigenvalue weighted by Crippen LogP contribution is -2.35. The molecule has 0 atom stereocenters. The number of hydrogen-bond acceptors (Lipinski definition) is 3. The molecule has 0 aliphatic rings. The van der Waals surface area contributed by atoms with Crippen molar-refractivity contribution < 1.29 is 8.42 Å². The molecule has 0 saturated heterocycles. The van der Waals surface area contributed by atoms with Gasteiger partial charge in [-0.1, -0.05) is 72.3 Å². The summed E-state index contributed by atoms with van der Waals surface area (Å²) in [5.41, 5.74) is 4.04. The van der Waals surface area contributed by atoms with E-state index in [2.05, 4.69) is 22.8 Å². The Morgan fingerprint density at radius 3 is 2.23 bits per heavy atom. The van der Waals surface area contributed by atoms with E-state index in [0.717, 1.165) is 29.7 Å². The number of benzene rings is 3. The molecule has 6 heteroatoms. The van der Waals surface area contributed by atoms with Gasteiger partial charge in [-0.05, 0) is 54.4 Å². The van der Waals surface area contributed by atoms with Crippen molar-refractivity contribution in [3.63, 3.8) is 0 Å². The van der Waals surface area contributed by atoms with Crippen LogP contribution >= 0.6 is 12.2 Å². The van der Waals surface area contributed by atoms with Gasteiger partial charge in [0.1, 0.15) is 0 Å². The third-order valence-corrected chi connectivity index (χ3v) is 6.72. The highest BCUT2D eigenvalue weighted by atomic mass is 32.2. The van der Waals surface area contributed by atoms with Gasteiger partial charge < -0.3 is 10.6 Å². The first-order valence-electron chi connectivity index (χ1n) is 9.85. The second kappa shape index (κ2) is 10.4. The smallest absolute Gasteiger partial charge is 0.182 e. The van der Waals surface area contributed by atoms with Crippen LogP contribution in [0.4, 0.5) is 0 Å². The summed E-state index contributed by atoms with van der Waals surface area (Å²) in [4.78, 5) is 0.348. The monoisotopic (exact) mass is 438 g/mol. The maximum atomic E-state index is 12.7. The Morgan fingerprint density at radius 2 is 1.50 bits per heavy atom. The Labute approximate surface area is 184 Å². The first-order valence-corrected chi connectivity index (χ1v) is 11.9. The van der Waals surface area contributed by atoms with Crippen LogP contribution in [-0.4, -0.2) is 20.1 Å². The Balaban J connectivity index is 1.51. The minimum absolute atomic E-state index is 0.0241. The van der Waals surface area contributed by atoms with Crippen LogP contribution in [0.3, 0.4) is 0 Å². The van der Waals surface area contributed by atoms with Gasteiger partial charge in [0.15, 0.2) is 14.9 Å². The van der Waals surface area contributed by atoms with Crippen molar-refractivity contribution >= 4 is 27.2 Å². The van der Waals surface area contributed by atoms with Crippen LogP contribution in [0.5, 0.6) is 0 Å². The predicted molar refractivity (Wildman–Crippen MR) is 126 cm³/mol. The van der Waals surface area contributed by atoms with Crippen molar-refractivity contribution in [2.24, 2.45) is 0 Å². The van der Waals surface area contributed by atoms with Gasteiger partial charge in [-0.15, -0.1) is 0 Å². The van der Waals surface area contributed by atoms with E-state index < -0.39 is 9.84 Å². The summed E-state index contributed by atoms with van der Waals surface area (Å²) in [6.45, 7) is 3.23. The summed E-state index contributed by atoms with van der Waals surface area (Å²) in [7, 11) is -3.38. The fourth-order valence-electron chi connectivity index (χ4n) is 3.09. The molecular weight excluding hydrogens is 412 g/mol. The van der Waals surface area contributed by atoms with Crippen LogP contribution in [-0.2, 0) is 28.6 Å². The number of rotatable bonds is 8. The van der Waals surface area contributed by atoms with Crippen LogP contribution < -0.4 is 10.6 Å². The minimum atomic E-state index is -3.38. The van der Waals surface area contributed by atoms with E-state index in [4.69, 9.17) is 12.2 Å². The lowest BCUT2D eigenvalue weighted by molar-refractivity contribution is 0.595. The van der Waals surface area contributed by atoms with Gasteiger partial charge in [-0.2, -0.15) is 0 Å². The van der Waals surface area contributed by atoms with Gasteiger partial charge in [-0.25, -0.2) is 8.42 Å². The molecule has 3 aromatic carbocycles. The van der Waals surface area contributed by atoms with E-state index in [0.29, 0.717) is 16.6 Å². The highest BCUT2D eigenvalue weighted by Gasteiger charge is 2.15. The molecule has 0 aliphatic carbocycles. The molecule has 3 aromatic rings. The molecule has 4 nitrogen and oxygen atoms in total. The average Bonchev–Trinajstić information content (AvgIpc) is 2.73. The predicted octanol–water partition coefficient (Wildman–Crippen LogP) is 4.18. The molecule has 0 saturated carbocycles. The average molecular weight is 439 g/mol. The number of thiocarbonyl (C=S) groups is 1. The number of sulfone groups is 1. The molecule has 3 rings (SSSR count). The van der Waals surface area contributed by atoms with E-state index in [1.807, 2.05) is 61.5 Å². The van der Waals surface area contributed by atoms with Gasteiger partial charge >= 0.3 is 0 Å². The summed E-state index contributed by atoms with van der Waals surface area (Å²) >= 11 is 5.35. The summed E-state index contributed by atoms with van der Waals surface area (Å²) in [6, 6.07) is 24.8. The molecule has 2 N–H and O–H groups in total. The van der Waals surface area contributed by atoms with Crippen molar-refractivity contribution in [1.82, 2.24) is 10.6 Å². The molecule has 0 aliphatic heterocycles. The Bertz CT molecular complexity index is 1080. The van der Waals surface area contributed by atoms with Gasteiger partial charge in [-0.3, -0.25) is 0 Å². The lowest BCUT2D eigenvalue weighted by atomic mass is 10.1. The van der Waals surface area contributed by atoms with E-state index >= 15 is 0 Å². The van der Waals surface area contributed by atoms with Crippen molar-refractivity contribution in [3.05, 3.63) is 101 Å². The zero-order chi connectivity index (χ0) is 21.4. The molecule has 0 aromatic heterocycles. The lowest BCUT2D eigenvalue weighted by Gasteiger charge is -2.12. The first-order chi connectivity index (χ1) is 14.4. The Kier molecular flexibility index (Phi) is 7.60. The summed E-state index contributed by atoms with van der Waals surface area (Å²) < 4.78 is 25.4. The van der Waals surface area contributed by atoms with Crippen molar-refractivity contribution in [3.8, 4) is 0 Å². The topological polar surface area (TPSA) is 58.2 Å². The number of nitrogens with one attached hydrogen (secondary N) is 2. The van der Waals surface area contributed by atoms with Gasteiger partial charge in [0.25, 0.3) is 0 Å². The molecule has 0 radical (unpaired) electrons. The number of hydrogen-bond donors (Lipinski definition) is 2. The number of aryl methyl sites for hydroxylation is 1. The fraction of sp³-hybridized carbons (Fsp3) is 0.208. The van der Waals surface area contributed by atoms with Crippen molar-refractivity contribution in [2.75, 3.05) is 6.54 Å². The quantitative estimate of drug-likeness (QED) is 0.517. The molecule has 0 unspecified atom stereocenters. The molecule has 0 spiro atoms. The van der Waals surface area contributed by atoms with Crippen LogP contribution in [0.1, 0.15) is 22.3 Å². The summed E-state index contributed by atoms with van der Waals surface area (Å²) in [5, 5.41) is 6.98. The van der Waals surface area contributed by atoms with E-state index in [-0.39, 0.29) is 5.75 Å². The van der Waals surface area contributed by atoms with E-state index in [1.165, 1.54) is 5.56 Å². The minimum Gasteiger partial charge on any atom is -0.362 e. The van der Waals surface area contributed by atoms with Crippen LogP contribution in [0.2, 0.25) is 0 Å². The van der Waals surface area contributed by atoms with E-state index in [1.54, 1.807) is 12.1 Å². The molecule has 30 heavy (non-hydrogen) atoms. The van der Waals surface area contributed by atoms with E-state index in [9.17, 15) is 8.42 Å². The molecule has 0 amide bonds. The van der Waals surface area contributed by atoms with Crippen LogP contribution in [0.15, 0.2) is 83.8 Å². The maximum Gasteiger partial charge on any atom is 0.182 e. The third kappa shape index (κ3) is 6.68. The van der Waals surface area contributed by atoms with Gasteiger partial charge in [0.05, 0.1) is 10.6 Å². The fourth-order valence-corrected chi connectivity index (χ4v) is 4.60. The van der Waals surface area contributed by atoms with Crippen LogP contribution in [0.25, 0.3) is 0 Å². The van der Waals surface area contributed by atoms with Gasteiger partial charge in [0, 0.05) is 13.1 Å². The molecule has 0 bridgehead atoms. The highest BCUT2D eigenvalue weighted by molar-refractivity contribution is 7.90. The zero-order valence-corrected chi connectivity index (χ0v) is 18.6. The Hall–Kier alpha value is -2.70.